The smallest absolute Gasteiger partial charge is 0.138 e. The number of methoxy groups -OCH3 is 1. The average Bonchev–Trinajstić information content (AvgIpc) is 3.18. The van der Waals surface area contributed by atoms with Crippen LogP contribution in [0, 0.1) is 0 Å². The minimum atomic E-state index is -1.17. The molecule has 0 spiro atoms. The molecule has 3 aromatic rings. The predicted octanol–water partition coefficient (Wildman–Crippen LogP) is 3.67. The highest BCUT2D eigenvalue weighted by Gasteiger charge is 2.29. The van der Waals surface area contributed by atoms with Gasteiger partial charge in [0, 0.05) is 10.9 Å². The number of hydrogen-bond acceptors (Lipinski definition) is 5. The van der Waals surface area contributed by atoms with Gasteiger partial charge in [0.1, 0.15) is 16.4 Å². The summed E-state index contributed by atoms with van der Waals surface area (Å²) in [6.07, 6.45) is 3.24. The van der Waals surface area contributed by atoms with Crippen LogP contribution >= 0.6 is 11.3 Å². The summed E-state index contributed by atoms with van der Waals surface area (Å²) >= 11 is 1.42. The lowest BCUT2D eigenvalue weighted by atomic mass is 9.96. The fourth-order valence-corrected chi connectivity index (χ4v) is 3.00. The lowest BCUT2D eigenvalue weighted by molar-refractivity contribution is 0.102. The normalized spacial score (nSPS) is 13.9. The SMILES string of the molecule is COc1cccc(C(C)(O)c2nc(-c3ccoc3)cs2)c1. The molecule has 1 aromatic carbocycles. The number of benzene rings is 1. The van der Waals surface area contributed by atoms with Gasteiger partial charge in [0.15, 0.2) is 0 Å². The topological polar surface area (TPSA) is 55.5 Å². The van der Waals surface area contributed by atoms with Crippen molar-refractivity contribution in [3.05, 3.63) is 58.8 Å². The quantitative estimate of drug-likeness (QED) is 0.799. The van der Waals surface area contributed by atoms with E-state index in [0.717, 1.165) is 16.8 Å². The van der Waals surface area contributed by atoms with Crippen LogP contribution in [0.2, 0.25) is 0 Å². The first-order chi connectivity index (χ1) is 10.1. The highest BCUT2D eigenvalue weighted by atomic mass is 32.1. The number of aliphatic hydroxyl groups is 1. The summed E-state index contributed by atoms with van der Waals surface area (Å²) in [5.41, 5.74) is 1.28. The summed E-state index contributed by atoms with van der Waals surface area (Å²) < 4.78 is 10.3. The Bertz CT molecular complexity index is 732. The van der Waals surface area contributed by atoms with E-state index in [1.807, 2.05) is 35.7 Å². The molecular formula is C16H15NO3S. The predicted molar refractivity (Wildman–Crippen MR) is 81.5 cm³/mol. The molecule has 1 atom stereocenters. The van der Waals surface area contributed by atoms with Crippen LogP contribution in [0.4, 0.5) is 0 Å². The number of ether oxygens (including phenoxy) is 1. The minimum absolute atomic E-state index is 0.631. The first kappa shape index (κ1) is 13.9. The third-order valence-electron chi connectivity index (χ3n) is 3.37. The van der Waals surface area contributed by atoms with Gasteiger partial charge in [0.2, 0.25) is 0 Å². The van der Waals surface area contributed by atoms with Crippen molar-refractivity contribution >= 4 is 11.3 Å². The van der Waals surface area contributed by atoms with Crippen molar-refractivity contribution in [2.75, 3.05) is 7.11 Å². The molecule has 108 valence electrons. The Morgan fingerprint density at radius 2 is 2.19 bits per heavy atom. The zero-order valence-corrected chi connectivity index (χ0v) is 12.6. The Kier molecular flexibility index (Phi) is 3.53. The van der Waals surface area contributed by atoms with Crippen LogP contribution in [0.1, 0.15) is 17.5 Å². The summed E-state index contributed by atoms with van der Waals surface area (Å²) in [4.78, 5) is 4.52. The fraction of sp³-hybridized carbons (Fsp3) is 0.188. The van der Waals surface area contributed by atoms with Crippen LogP contribution in [-0.4, -0.2) is 17.2 Å². The van der Waals surface area contributed by atoms with Crippen molar-refractivity contribution in [3.8, 4) is 17.0 Å². The van der Waals surface area contributed by atoms with E-state index in [1.165, 1.54) is 11.3 Å². The highest BCUT2D eigenvalue weighted by Crippen LogP contribution is 2.35. The second-order valence-electron chi connectivity index (χ2n) is 4.85. The number of rotatable bonds is 4. The summed E-state index contributed by atoms with van der Waals surface area (Å²) in [6, 6.07) is 9.23. The Hall–Kier alpha value is -2.11. The monoisotopic (exact) mass is 301 g/mol. The van der Waals surface area contributed by atoms with Gasteiger partial charge in [-0.25, -0.2) is 4.98 Å². The Morgan fingerprint density at radius 3 is 2.90 bits per heavy atom. The number of furan rings is 1. The van der Waals surface area contributed by atoms with E-state index in [0.29, 0.717) is 10.8 Å². The van der Waals surface area contributed by atoms with Crippen LogP contribution in [0.5, 0.6) is 5.75 Å². The van der Waals surface area contributed by atoms with Gasteiger partial charge in [-0.15, -0.1) is 11.3 Å². The molecule has 0 aliphatic carbocycles. The third kappa shape index (κ3) is 2.57. The number of hydrogen-bond donors (Lipinski definition) is 1. The maximum absolute atomic E-state index is 10.9. The lowest BCUT2D eigenvalue weighted by Crippen LogP contribution is -2.22. The number of thiazole rings is 1. The summed E-state index contributed by atoms with van der Waals surface area (Å²) in [5, 5.41) is 13.4. The summed E-state index contributed by atoms with van der Waals surface area (Å²) in [5.74, 6) is 0.708. The van der Waals surface area contributed by atoms with E-state index >= 15 is 0 Å². The van der Waals surface area contributed by atoms with Crippen LogP contribution in [-0.2, 0) is 5.60 Å². The third-order valence-corrected chi connectivity index (χ3v) is 4.42. The molecule has 2 heterocycles. The molecule has 5 heteroatoms. The van der Waals surface area contributed by atoms with Crippen molar-refractivity contribution in [2.45, 2.75) is 12.5 Å². The van der Waals surface area contributed by atoms with Crippen LogP contribution in [0.15, 0.2) is 52.7 Å². The second kappa shape index (κ2) is 5.35. The van der Waals surface area contributed by atoms with Crippen LogP contribution in [0.3, 0.4) is 0 Å². The molecule has 0 aliphatic heterocycles. The lowest BCUT2D eigenvalue weighted by Gasteiger charge is -2.21. The van der Waals surface area contributed by atoms with Crippen molar-refractivity contribution in [1.29, 1.82) is 0 Å². The number of aromatic nitrogens is 1. The highest BCUT2D eigenvalue weighted by molar-refractivity contribution is 7.10. The zero-order valence-electron chi connectivity index (χ0n) is 11.7. The summed E-state index contributed by atoms with van der Waals surface area (Å²) in [6.45, 7) is 1.74. The Balaban J connectivity index is 1.97. The van der Waals surface area contributed by atoms with Gasteiger partial charge in [-0.3, -0.25) is 0 Å². The van der Waals surface area contributed by atoms with Gasteiger partial charge in [0.05, 0.1) is 25.3 Å². The van der Waals surface area contributed by atoms with E-state index in [2.05, 4.69) is 4.98 Å². The molecule has 0 bridgehead atoms. The van der Waals surface area contributed by atoms with E-state index in [4.69, 9.17) is 9.15 Å². The molecule has 0 fully saturated rings. The van der Waals surface area contributed by atoms with Gasteiger partial charge >= 0.3 is 0 Å². The van der Waals surface area contributed by atoms with Gasteiger partial charge in [-0.05, 0) is 30.7 Å². The molecule has 0 saturated carbocycles. The molecule has 21 heavy (non-hydrogen) atoms. The summed E-state index contributed by atoms with van der Waals surface area (Å²) in [7, 11) is 1.61. The maximum atomic E-state index is 10.9. The maximum Gasteiger partial charge on any atom is 0.138 e. The molecule has 4 nitrogen and oxygen atoms in total. The molecule has 0 saturated heterocycles. The van der Waals surface area contributed by atoms with Gasteiger partial charge in [-0.1, -0.05) is 12.1 Å². The van der Waals surface area contributed by atoms with Crippen molar-refractivity contribution < 1.29 is 14.3 Å². The van der Waals surface area contributed by atoms with Crippen molar-refractivity contribution in [1.82, 2.24) is 4.98 Å². The molecule has 0 amide bonds. The largest absolute Gasteiger partial charge is 0.497 e. The second-order valence-corrected chi connectivity index (χ2v) is 5.71. The molecule has 0 radical (unpaired) electrons. The van der Waals surface area contributed by atoms with Crippen LogP contribution in [0.25, 0.3) is 11.3 Å². The standard InChI is InChI=1S/C16H15NO3S/c1-16(18,12-4-3-5-13(8-12)19-2)15-17-14(10-21-15)11-6-7-20-9-11/h3-10,18H,1-2H3. The van der Waals surface area contributed by atoms with Crippen molar-refractivity contribution in [3.63, 3.8) is 0 Å². The van der Waals surface area contributed by atoms with E-state index < -0.39 is 5.60 Å². The van der Waals surface area contributed by atoms with E-state index in [9.17, 15) is 5.11 Å². The average molecular weight is 301 g/mol. The van der Waals surface area contributed by atoms with Gasteiger partial charge in [-0.2, -0.15) is 0 Å². The first-order valence-corrected chi connectivity index (χ1v) is 7.34. The van der Waals surface area contributed by atoms with Crippen LogP contribution < -0.4 is 4.74 Å². The molecule has 1 N–H and O–H groups in total. The van der Waals surface area contributed by atoms with Gasteiger partial charge in [0.25, 0.3) is 0 Å². The Morgan fingerprint density at radius 1 is 1.33 bits per heavy atom. The zero-order chi connectivity index (χ0) is 14.9. The molecule has 3 rings (SSSR count). The molecule has 1 unspecified atom stereocenters. The fourth-order valence-electron chi connectivity index (χ4n) is 2.09. The first-order valence-electron chi connectivity index (χ1n) is 6.47. The molecule has 2 aromatic heterocycles. The van der Waals surface area contributed by atoms with Crippen molar-refractivity contribution in [2.24, 2.45) is 0 Å². The van der Waals surface area contributed by atoms with E-state index in [-0.39, 0.29) is 0 Å². The minimum Gasteiger partial charge on any atom is -0.497 e. The van der Waals surface area contributed by atoms with E-state index in [1.54, 1.807) is 26.6 Å². The molecular weight excluding hydrogens is 286 g/mol. The molecule has 0 aliphatic rings. The number of nitrogens with zero attached hydrogens (tertiary/aromatic N) is 1. The Labute approximate surface area is 126 Å². The van der Waals surface area contributed by atoms with Gasteiger partial charge < -0.3 is 14.3 Å².